The summed E-state index contributed by atoms with van der Waals surface area (Å²) in [6.07, 6.45) is 8.84. The summed E-state index contributed by atoms with van der Waals surface area (Å²) < 4.78 is 12.7. The van der Waals surface area contributed by atoms with Crippen LogP contribution in [0.15, 0.2) is 12.3 Å². The summed E-state index contributed by atoms with van der Waals surface area (Å²) in [6, 6.07) is 0. The van der Waals surface area contributed by atoms with Crippen molar-refractivity contribution >= 4 is 18.3 Å². The summed E-state index contributed by atoms with van der Waals surface area (Å²) in [4.78, 5) is 0. The van der Waals surface area contributed by atoms with Gasteiger partial charge in [-0.05, 0) is 44.9 Å². The summed E-state index contributed by atoms with van der Waals surface area (Å²) in [5.74, 6) is 0. The SMILES string of the molecule is C=C[SiH2]C1(CC2([SiH](C)C)CCCCO2)CCCCO1. The highest BCUT2D eigenvalue weighted by Crippen LogP contribution is 2.39. The molecule has 19 heavy (non-hydrogen) atoms. The Morgan fingerprint density at radius 3 is 2.26 bits per heavy atom. The maximum absolute atomic E-state index is 6.37. The van der Waals surface area contributed by atoms with Gasteiger partial charge in [-0.3, -0.25) is 0 Å². The van der Waals surface area contributed by atoms with Crippen LogP contribution >= 0.6 is 0 Å². The van der Waals surface area contributed by atoms with Crippen LogP contribution in [0.3, 0.4) is 0 Å². The number of ether oxygens (including phenoxy) is 2. The minimum absolute atomic E-state index is 0.161. The monoisotopic (exact) mass is 298 g/mol. The van der Waals surface area contributed by atoms with Crippen molar-refractivity contribution in [1.82, 2.24) is 0 Å². The van der Waals surface area contributed by atoms with Crippen LogP contribution in [0.1, 0.15) is 44.9 Å². The van der Waals surface area contributed by atoms with Gasteiger partial charge in [-0.25, -0.2) is 0 Å². The Labute approximate surface area is 122 Å². The lowest BCUT2D eigenvalue weighted by Crippen LogP contribution is -2.56. The number of hydrogen-bond acceptors (Lipinski definition) is 2. The van der Waals surface area contributed by atoms with Crippen molar-refractivity contribution in [3.63, 3.8) is 0 Å². The van der Waals surface area contributed by atoms with E-state index in [1.807, 2.05) is 0 Å². The molecule has 2 fully saturated rings. The molecule has 110 valence electrons. The fraction of sp³-hybridized carbons (Fsp3) is 0.867. The minimum atomic E-state index is -0.842. The Morgan fingerprint density at radius 1 is 1.11 bits per heavy atom. The highest BCUT2D eigenvalue weighted by atomic mass is 28.3. The first-order valence-corrected chi connectivity index (χ1v) is 12.4. The van der Waals surface area contributed by atoms with Crippen LogP contribution in [-0.4, -0.2) is 42.0 Å². The molecule has 2 heterocycles. The molecule has 0 aromatic heterocycles. The van der Waals surface area contributed by atoms with E-state index in [2.05, 4.69) is 25.4 Å². The number of hydrogen-bond donors (Lipinski definition) is 0. The van der Waals surface area contributed by atoms with E-state index in [1.54, 1.807) is 0 Å². The second-order valence-corrected chi connectivity index (χ2v) is 12.3. The maximum Gasteiger partial charge on any atom is 0.0828 e. The molecule has 0 aromatic carbocycles. The molecule has 0 amide bonds. The van der Waals surface area contributed by atoms with Gasteiger partial charge in [0.25, 0.3) is 0 Å². The molecule has 4 heteroatoms. The highest BCUT2D eigenvalue weighted by Gasteiger charge is 2.45. The van der Waals surface area contributed by atoms with Crippen molar-refractivity contribution in [3.05, 3.63) is 12.3 Å². The second kappa shape index (κ2) is 6.70. The quantitative estimate of drug-likeness (QED) is 0.726. The molecule has 0 spiro atoms. The third kappa shape index (κ3) is 3.60. The van der Waals surface area contributed by atoms with Gasteiger partial charge in [-0.2, -0.15) is 0 Å². The molecule has 0 aromatic rings. The Balaban J connectivity index is 2.14. The van der Waals surface area contributed by atoms with E-state index in [4.69, 9.17) is 9.47 Å². The molecule has 2 aliphatic heterocycles. The maximum atomic E-state index is 6.37. The van der Waals surface area contributed by atoms with Gasteiger partial charge in [-0.15, -0.1) is 12.3 Å². The Bertz CT molecular complexity index is 293. The Kier molecular flexibility index (Phi) is 5.46. The normalized spacial score (nSPS) is 37.0. The van der Waals surface area contributed by atoms with Crippen molar-refractivity contribution in [2.75, 3.05) is 13.2 Å². The van der Waals surface area contributed by atoms with Crippen molar-refractivity contribution in [3.8, 4) is 0 Å². The smallest absolute Gasteiger partial charge is 0.0828 e. The van der Waals surface area contributed by atoms with Crippen molar-refractivity contribution in [2.24, 2.45) is 0 Å². The highest BCUT2D eigenvalue weighted by molar-refractivity contribution is 6.59. The topological polar surface area (TPSA) is 18.5 Å². The van der Waals surface area contributed by atoms with Gasteiger partial charge in [-0.1, -0.05) is 13.1 Å². The van der Waals surface area contributed by atoms with E-state index in [1.165, 1.54) is 44.9 Å². The van der Waals surface area contributed by atoms with E-state index < -0.39 is 8.80 Å². The second-order valence-electron chi connectivity index (χ2n) is 6.68. The standard InChI is InChI=1S/C15H30O2Si2/c1-4-18-14(9-5-7-11-16-14)13-15(19(2)3)10-6-8-12-17-15/h4,19H,1,5-13,18H2,2-3H3. The number of rotatable bonds is 5. The zero-order valence-electron chi connectivity index (χ0n) is 12.7. The lowest BCUT2D eigenvalue weighted by Gasteiger charge is -2.48. The molecule has 2 saturated heterocycles. The molecule has 2 unspecified atom stereocenters. The predicted octanol–water partition coefficient (Wildman–Crippen LogP) is 2.55. The molecule has 2 rings (SSSR count). The molecular weight excluding hydrogens is 268 g/mol. The molecule has 0 N–H and O–H groups in total. The van der Waals surface area contributed by atoms with Gasteiger partial charge in [0.1, 0.15) is 0 Å². The summed E-state index contributed by atoms with van der Waals surface area (Å²) in [7, 11) is -1.20. The van der Waals surface area contributed by atoms with Crippen molar-refractivity contribution in [1.29, 1.82) is 0 Å². The first kappa shape index (κ1) is 15.5. The predicted molar refractivity (Wildman–Crippen MR) is 87.3 cm³/mol. The van der Waals surface area contributed by atoms with E-state index in [-0.39, 0.29) is 20.0 Å². The van der Waals surface area contributed by atoms with E-state index >= 15 is 0 Å². The van der Waals surface area contributed by atoms with Crippen LogP contribution in [0, 0.1) is 0 Å². The van der Waals surface area contributed by atoms with Gasteiger partial charge >= 0.3 is 0 Å². The van der Waals surface area contributed by atoms with Gasteiger partial charge in [0.2, 0.25) is 0 Å². The van der Waals surface area contributed by atoms with Crippen LogP contribution in [0.25, 0.3) is 0 Å². The molecular formula is C15H30O2Si2. The van der Waals surface area contributed by atoms with Crippen molar-refractivity contribution < 1.29 is 9.47 Å². The summed E-state index contributed by atoms with van der Waals surface area (Å²) in [6.45, 7) is 10.8. The molecule has 0 bridgehead atoms. The first-order valence-electron chi connectivity index (χ1n) is 8.01. The summed E-state index contributed by atoms with van der Waals surface area (Å²) in [5, 5.41) is 0.361. The van der Waals surface area contributed by atoms with E-state index in [9.17, 15) is 0 Å². The van der Waals surface area contributed by atoms with Crippen LogP contribution in [0.4, 0.5) is 0 Å². The molecule has 0 aliphatic carbocycles. The molecule has 2 aliphatic rings. The van der Waals surface area contributed by atoms with E-state index in [0.29, 0.717) is 0 Å². The first-order chi connectivity index (χ1) is 9.13. The van der Waals surface area contributed by atoms with Gasteiger partial charge in [0.05, 0.1) is 28.8 Å². The van der Waals surface area contributed by atoms with E-state index in [0.717, 1.165) is 13.2 Å². The van der Waals surface area contributed by atoms with Gasteiger partial charge < -0.3 is 9.47 Å². The summed E-state index contributed by atoms with van der Waals surface area (Å²) >= 11 is 0. The van der Waals surface area contributed by atoms with Crippen LogP contribution in [-0.2, 0) is 9.47 Å². The average molecular weight is 299 g/mol. The fourth-order valence-electron chi connectivity index (χ4n) is 3.76. The van der Waals surface area contributed by atoms with Crippen LogP contribution in [0.2, 0.25) is 13.1 Å². The van der Waals surface area contributed by atoms with Crippen molar-refractivity contribution in [2.45, 2.75) is 68.5 Å². The van der Waals surface area contributed by atoms with Crippen LogP contribution < -0.4 is 0 Å². The summed E-state index contributed by atoms with van der Waals surface area (Å²) in [5.41, 5.74) is 2.18. The Morgan fingerprint density at radius 2 is 1.79 bits per heavy atom. The molecule has 0 radical (unpaired) electrons. The largest absolute Gasteiger partial charge is 0.379 e. The lowest BCUT2D eigenvalue weighted by atomic mass is 9.97. The zero-order valence-corrected chi connectivity index (χ0v) is 15.3. The minimum Gasteiger partial charge on any atom is -0.379 e. The fourth-order valence-corrected chi connectivity index (χ4v) is 7.88. The average Bonchev–Trinajstić information content (AvgIpc) is 2.41. The zero-order chi connectivity index (χ0) is 13.8. The lowest BCUT2D eigenvalue weighted by molar-refractivity contribution is -0.0952. The molecule has 2 atom stereocenters. The molecule has 2 nitrogen and oxygen atoms in total. The third-order valence-corrected chi connectivity index (χ3v) is 9.61. The van der Waals surface area contributed by atoms with Gasteiger partial charge in [0, 0.05) is 13.2 Å². The molecule has 0 saturated carbocycles. The Hall–Kier alpha value is 0.0938. The van der Waals surface area contributed by atoms with Gasteiger partial charge in [0.15, 0.2) is 0 Å². The van der Waals surface area contributed by atoms with Crippen LogP contribution in [0.5, 0.6) is 0 Å². The third-order valence-electron chi connectivity index (χ3n) is 5.01.